The summed E-state index contributed by atoms with van der Waals surface area (Å²) >= 11 is 0. The zero-order chi connectivity index (χ0) is 9.12. The van der Waals surface area contributed by atoms with Gasteiger partial charge in [-0.1, -0.05) is 0 Å². The highest BCUT2D eigenvalue weighted by Crippen LogP contribution is 2.35. The first kappa shape index (κ1) is 19.2. The van der Waals surface area contributed by atoms with Crippen LogP contribution >= 0.6 is 7.82 Å². The third-order valence-electron chi connectivity index (χ3n) is 1.02. The molecule has 2 N–H and O–H groups in total. The van der Waals surface area contributed by atoms with Gasteiger partial charge in [0.05, 0.1) is 21.1 Å². The molecule has 0 unspecified atom stereocenters. The Morgan fingerprint density at radius 2 is 1.69 bits per heavy atom. The van der Waals surface area contributed by atoms with Gasteiger partial charge in [-0.25, -0.2) is 4.57 Å². The summed E-state index contributed by atoms with van der Waals surface area (Å²) in [7, 11) is 1.50. The van der Waals surface area contributed by atoms with Crippen LogP contribution in [0.3, 0.4) is 0 Å². The second-order valence-corrected chi connectivity index (χ2v) is 4.58. The van der Waals surface area contributed by atoms with Crippen LogP contribution in [0.5, 0.6) is 0 Å². The summed E-state index contributed by atoms with van der Waals surface area (Å²) in [4.78, 5) is 16.6. The van der Waals surface area contributed by atoms with E-state index in [1.165, 1.54) is 0 Å². The first-order chi connectivity index (χ1) is 4.71. The van der Waals surface area contributed by atoms with E-state index in [0.29, 0.717) is 11.0 Å². The van der Waals surface area contributed by atoms with Crippen LogP contribution in [0.15, 0.2) is 0 Å². The molecule has 0 aliphatic rings. The highest BCUT2D eigenvalue weighted by molar-refractivity contribution is 7.46. The molecule has 0 saturated heterocycles. The summed E-state index contributed by atoms with van der Waals surface area (Å²) < 4.78 is 15.1. The van der Waals surface area contributed by atoms with Gasteiger partial charge in [0.1, 0.15) is 13.2 Å². The lowest BCUT2D eigenvalue weighted by atomic mass is 10.5. The van der Waals surface area contributed by atoms with Crippen molar-refractivity contribution in [1.82, 2.24) is 0 Å². The van der Waals surface area contributed by atoms with E-state index < -0.39 is 7.82 Å². The molecule has 0 aromatic rings. The molecule has 0 saturated carbocycles. The summed E-state index contributed by atoms with van der Waals surface area (Å²) in [5.74, 6) is 0. The maximum absolute atomic E-state index is 10.2. The predicted molar refractivity (Wildman–Crippen MR) is 52.2 cm³/mol. The van der Waals surface area contributed by atoms with Gasteiger partial charge in [-0.3, -0.25) is 4.52 Å². The third-order valence-corrected chi connectivity index (χ3v) is 1.54. The minimum absolute atomic E-state index is 0. The normalized spacial score (nSPS) is 11.5. The van der Waals surface area contributed by atoms with Gasteiger partial charge in [-0.2, -0.15) is 0 Å². The van der Waals surface area contributed by atoms with E-state index in [1.54, 1.807) is 0 Å². The molecule has 0 radical (unpaired) electrons. The highest BCUT2D eigenvalue weighted by atomic mass is 35.5. The van der Waals surface area contributed by atoms with E-state index in [0.717, 1.165) is 0 Å². The van der Waals surface area contributed by atoms with Gasteiger partial charge in [0.25, 0.3) is 0 Å². The minimum Gasteiger partial charge on any atom is -1.00 e. The molecule has 13 heavy (non-hydrogen) atoms. The Balaban J connectivity index is -0.000000500. The number of nitrogens with zero attached hydrogens (tertiary/aromatic N) is 1. The Morgan fingerprint density at radius 3 is 1.92 bits per heavy atom. The Kier molecular flexibility index (Phi) is 10.3. The Hall–Kier alpha value is 0.577. The topological polar surface area (TPSA) is 66.8 Å². The predicted octanol–water partition coefficient (Wildman–Crippen LogP) is -4.65. The fourth-order valence-electron chi connectivity index (χ4n) is 0.434. The molecule has 0 aromatic heterocycles. The lowest BCUT2D eigenvalue weighted by molar-refractivity contribution is -0.870. The zero-order valence-corrected chi connectivity index (χ0v) is 9.05. The lowest BCUT2D eigenvalue weighted by Gasteiger charge is -2.23. The van der Waals surface area contributed by atoms with Gasteiger partial charge in [-0.15, -0.1) is 0 Å². The number of hydrogen-bond donors (Lipinski definition) is 2. The van der Waals surface area contributed by atoms with Crippen molar-refractivity contribution in [3.63, 3.8) is 0 Å². The van der Waals surface area contributed by atoms with Crippen molar-refractivity contribution < 1.29 is 35.8 Å². The van der Waals surface area contributed by atoms with Crippen LogP contribution in [0.1, 0.15) is 0 Å². The Morgan fingerprint density at radius 1 is 1.31 bits per heavy atom. The molecule has 0 atom stereocenters. The average molecular weight is 252 g/mol. The summed E-state index contributed by atoms with van der Waals surface area (Å²) in [6.07, 6.45) is 0. The summed E-state index contributed by atoms with van der Waals surface area (Å²) in [6, 6.07) is 0. The van der Waals surface area contributed by atoms with Crippen LogP contribution in [0, 0.1) is 0 Å². The van der Waals surface area contributed by atoms with E-state index in [-0.39, 0.29) is 30.0 Å². The smallest absolute Gasteiger partial charge is 0.469 e. The first-order valence-electron chi connectivity index (χ1n) is 3.21. The number of phosphoric ester groups is 1. The standard InChI is InChI=1S/C5H14NO4P.ClH.H4Si/c1-6(2,3)4-5-10-11(7,8)9;;/h4-5H2,1-3H3,(H-,7,8,9);1H;1H4. The maximum atomic E-state index is 10.2. The average Bonchev–Trinajstić information content (AvgIpc) is 1.55. The second-order valence-electron chi connectivity index (χ2n) is 3.34. The number of phosphoric acid groups is 1. The van der Waals surface area contributed by atoms with Crippen molar-refractivity contribution in [2.45, 2.75) is 0 Å². The molecule has 0 spiro atoms. The van der Waals surface area contributed by atoms with Crippen LogP contribution < -0.4 is 12.4 Å². The number of hydrogen-bond acceptors (Lipinski definition) is 2. The first-order valence-corrected chi connectivity index (χ1v) is 4.74. The van der Waals surface area contributed by atoms with Crippen molar-refractivity contribution >= 4 is 18.8 Å². The molecule has 0 rings (SSSR count). The molecule has 0 aliphatic carbocycles. The van der Waals surface area contributed by atoms with Crippen LogP contribution in [0.4, 0.5) is 0 Å². The number of halogens is 1. The van der Waals surface area contributed by atoms with Gasteiger partial charge < -0.3 is 26.7 Å². The molecule has 0 amide bonds. The van der Waals surface area contributed by atoms with E-state index >= 15 is 0 Å². The third kappa shape index (κ3) is 19.1. The van der Waals surface area contributed by atoms with E-state index in [1.807, 2.05) is 21.1 Å². The van der Waals surface area contributed by atoms with Crippen molar-refractivity contribution in [1.29, 1.82) is 0 Å². The minimum atomic E-state index is -4.26. The fraction of sp³-hybridized carbons (Fsp3) is 1.00. The van der Waals surface area contributed by atoms with Gasteiger partial charge >= 0.3 is 7.82 Å². The monoisotopic (exact) mass is 251 g/mol. The molecule has 5 nitrogen and oxygen atoms in total. The number of quaternary nitrogens is 1. The molecule has 84 valence electrons. The molecular formula is C5H19ClNO4PSi. The molecule has 0 aromatic carbocycles. The van der Waals surface area contributed by atoms with Crippen molar-refractivity contribution in [3.05, 3.63) is 0 Å². The van der Waals surface area contributed by atoms with Crippen LogP contribution in [-0.2, 0) is 9.09 Å². The van der Waals surface area contributed by atoms with Crippen LogP contribution in [0.2, 0.25) is 0 Å². The van der Waals surface area contributed by atoms with E-state index in [4.69, 9.17) is 9.79 Å². The number of rotatable bonds is 4. The lowest BCUT2D eigenvalue weighted by Crippen LogP contribution is -3.00. The zero-order valence-electron chi connectivity index (χ0n) is 7.40. The van der Waals surface area contributed by atoms with Gasteiger partial charge in [0.2, 0.25) is 0 Å². The SMILES string of the molecule is C[N+](C)(C)CCOP(=O)(O)O.[Cl-].[SiH4]. The number of likely N-dealkylation sites (N-methyl/N-ethyl adjacent to an activating group) is 1. The second kappa shape index (κ2) is 6.95. The Bertz CT molecular complexity index is 168. The summed E-state index contributed by atoms with van der Waals surface area (Å²) in [5, 5.41) is 0. The molecule has 8 heteroatoms. The van der Waals surface area contributed by atoms with Crippen molar-refractivity contribution in [3.8, 4) is 0 Å². The summed E-state index contributed by atoms with van der Waals surface area (Å²) in [6.45, 7) is 0.652. The maximum Gasteiger partial charge on any atom is 0.469 e. The molecule has 0 bridgehead atoms. The highest BCUT2D eigenvalue weighted by Gasteiger charge is 2.15. The van der Waals surface area contributed by atoms with Gasteiger partial charge in [0.15, 0.2) is 0 Å². The van der Waals surface area contributed by atoms with Gasteiger partial charge in [-0.05, 0) is 11.0 Å². The van der Waals surface area contributed by atoms with Crippen LogP contribution in [-0.4, -0.2) is 59.5 Å². The molecule has 0 fully saturated rings. The van der Waals surface area contributed by atoms with E-state index in [2.05, 4.69) is 4.52 Å². The van der Waals surface area contributed by atoms with Crippen LogP contribution in [0.25, 0.3) is 0 Å². The van der Waals surface area contributed by atoms with Gasteiger partial charge in [0, 0.05) is 0 Å². The molecule has 0 heterocycles. The fourth-order valence-corrected chi connectivity index (χ4v) is 0.753. The Labute approximate surface area is 89.3 Å². The molecule has 0 aliphatic heterocycles. The van der Waals surface area contributed by atoms with Crippen molar-refractivity contribution in [2.24, 2.45) is 0 Å². The summed E-state index contributed by atoms with van der Waals surface area (Å²) in [5.41, 5.74) is 0. The van der Waals surface area contributed by atoms with E-state index in [9.17, 15) is 4.57 Å². The largest absolute Gasteiger partial charge is 1.00 e. The van der Waals surface area contributed by atoms with Crippen molar-refractivity contribution in [2.75, 3.05) is 34.3 Å². The quantitative estimate of drug-likeness (QED) is 0.300. The molecular weight excluding hydrogens is 233 g/mol.